The maximum absolute atomic E-state index is 13.6. The number of hydrogen-bond donors (Lipinski definition) is 0. The number of sulfonamides is 1. The van der Waals surface area contributed by atoms with Crippen LogP contribution >= 0.6 is 0 Å². The summed E-state index contributed by atoms with van der Waals surface area (Å²) in [4.78, 5) is 17.3. The monoisotopic (exact) mass is 505 g/mol. The molecule has 1 saturated heterocycles. The van der Waals surface area contributed by atoms with Gasteiger partial charge in [0.1, 0.15) is 5.75 Å². The van der Waals surface area contributed by atoms with Gasteiger partial charge in [0.15, 0.2) is 0 Å². The second-order valence-electron chi connectivity index (χ2n) is 8.81. The molecule has 0 bridgehead atoms. The number of aryl methyl sites for hydroxylation is 1. The minimum Gasteiger partial charge on any atom is -0.492 e. The Bertz CT molecular complexity index is 1070. The van der Waals surface area contributed by atoms with E-state index in [1.165, 1.54) is 15.2 Å². The summed E-state index contributed by atoms with van der Waals surface area (Å²) in [6.45, 7) is 9.56. The lowest BCUT2D eigenvalue weighted by atomic mass is 10.2. The number of amides is 1. The smallest absolute Gasteiger partial charge is 0.263 e. The summed E-state index contributed by atoms with van der Waals surface area (Å²) < 4.78 is 35.9. The summed E-state index contributed by atoms with van der Waals surface area (Å²) in [6.07, 6.45) is 5.22. The lowest BCUT2D eigenvalue weighted by molar-refractivity contribution is 0.0747. The number of hydrogen-bond acceptors (Lipinski definition) is 6. The number of aromatic nitrogens is 2. The number of para-hydroxylation sites is 2. The van der Waals surface area contributed by atoms with E-state index in [0.717, 1.165) is 37.1 Å². The number of benzene rings is 1. The number of unbranched alkanes of at least 4 members (excludes halogenated alkanes) is 2. The van der Waals surface area contributed by atoms with E-state index in [-0.39, 0.29) is 16.5 Å². The Morgan fingerprint density at radius 1 is 1.03 bits per heavy atom. The molecule has 0 spiro atoms. The first-order valence-corrected chi connectivity index (χ1v) is 14.1. The fourth-order valence-corrected chi connectivity index (χ4v) is 5.81. The van der Waals surface area contributed by atoms with Gasteiger partial charge in [0.05, 0.1) is 17.9 Å². The molecule has 0 unspecified atom stereocenters. The lowest BCUT2D eigenvalue weighted by Crippen LogP contribution is -2.49. The van der Waals surface area contributed by atoms with E-state index < -0.39 is 10.0 Å². The van der Waals surface area contributed by atoms with Crippen molar-refractivity contribution < 1.29 is 17.9 Å². The van der Waals surface area contributed by atoms with E-state index in [4.69, 9.17) is 4.74 Å². The van der Waals surface area contributed by atoms with Crippen LogP contribution in [0.3, 0.4) is 0 Å². The maximum Gasteiger partial charge on any atom is 0.263 e. The maximum atomic E-state index is 13.6. The van der Waals surface area contributed by atoms with E-state index in [9.17, 15) is 13.2 Å². The third kappa shape index (κ3) is 6.35. The molecular formula is C25H39N5O4S. The zero-order chi connectivity index (χ0) is 25.4. The van der Waals surface area contributed by atoms with E-state index in [0.29, 0.717) is 45.9 Å². The molecule has 2 heterocycles. The second-order valence-corrected chi connectivity index (χ2v) is 10.7. The fourth-order valence-electron chi connectivity index (χ4n) is 4.28. The normalized spacial score (nSPS) is 14.8. The molecule has 10 heteroatoms. The molecular weight excluding hydrogens is 466 g/mol. The molecule has 0 saturated carbocycles. The molecule has 1 aromatic carbocycles. The third-order valence-electron chi connectivity index (χ3n) is 6.20. The van der Waals surface area contributed by atoms with Crippen LogP contribution in [0.4, 0.5) is 5.69 Å². The van der Waals surface area contributed by atoms with Crippen molar-refractivity contribution in [2.24, 2.45) is 7.05 Å². The summed E-state index contributed by atoms with van der Waals surface area (Å²) in [6, 6.07) is 7.80. The van der Waals surface area contributed by atoms with Crippen molar-refractivity contribution in [3.8, 4) is 5.75 Å². The predicted molar refractivity (Wildman–Crippen MR) is 138 cm³/mol. The van der Waals surface area contributed by atoms with Crippen molar-refractivity contribution in [3.63, 3.8) is 0 Å². The summed E-state index contributed by atoms with van der Waals surface area (Å²) >= 11 is 0. The molecule has 0 aliphatic carbocycles. The number of anilines is 1. The molecule has 9 nitrogen and oxygen atoms in total. The minimum absolute atomic E-state index is 0.147. The highest BCUT2D eigenvalue weighted by molar-refractivity contribution is 7.89. The van der Waals surface area contributed by atoms with Gasteiger partial charge in [0, 0.05) is 52.5 Å². The van der Waals surface area contributed by atoms with Crippen LogP contribution in [0.1, 0.15) is 56.8 Å². The highest BCUT2D eigenvalue weighted by Crippen LogP contribution is 2.30. The zero-order valence-corrected chi connectivity index (χ0v) is 22.3. The molecule has 1 aliphatic heterocycles. The Morgan fingerprint density at radius 2 is 1.66 bits per heavy atom. The van der Waals surface area contributed by atoms with Crippen LogP contribution in [0, 0.1) is 0 Å². The average molecular weight is 506 g/mol. The second kappa shape index (κ2) is 12.4. The number of carbonyl (C=O) groups excluding carboxylic acids is 1. The number of ether oxygens (including phenoxy) is 1. The predicted octanol–water partition coefficient (Wildman–Crippen LogP) is 3.37. The van der Waals surface area contributed by atoms with Crippen LogP contribution in [-0.2, 0) is 17.1 Å². The quantitative estimate of drug-likeness (QED) is 0.440. The molecule has 0 N–H and O–H groups in total. The van der Waals surface area contributed by atoms with Gasteiger partial charge in [-0.2, -0.15) is 9.40 Å². The van der Waals surface area contributed by atoms with Gasteiger partial charge >= 0.3 is 0 Å². The standard InChI is InChI=1S/C25H39N5O4S/c1-5-8-14-29(15-9-6-2)25(31)21-20-27(4)26-24(21)35(32,33)30-18-16-28(17-19-30)22-12-10-11-13-23(22)34-7-3/h10-13,20H,5-9,14-19H2,1-4H3. The molecule has 35 heavy (non-hydrogen) atoms. The van der Waals surface area contributed by atoms with Crippen LogP contribution in [0.5, 0.6) is 5.75 Å². The number of carbonyl (C=O) groups is 1. The van der Waals surface area contributed by atoms with Crippen molar-refractivity contribution in [1.82, 2.24) is 19.0 Å². The fraction of sp³-hybridized carbons (Fsp3) is 0.600. The average Bonchev–Trinajstić information content (AvgIpc) is 3.27. The van der Waals surface area contributed by atoms with Crippen molar-refractivity contribution >= 4 is 21.6 Å². The molecule has 3 rings (SSSR count). The molecule has 194 valence electrons. The van der Waals surface area contributed by atoms with Gasteiger partial charge in [-0.15, -0.1) is 0 Å². The summed E-state index contributed by atoms with van der Waals surface area (Å²) in [5.74, 6) is 0.533. The van der Waals surface area contributed by atoms with Crippen LogP contribution in [0.2, 0.25) is 0 Å². The molecule has 1 amide bonds. The molecule has 1 fully saturated rings. The zero-order valence-electron chi connectivity index (χ0n) is 21.4. The van der Waals surface area contributed by atoms with Crippen molar-refractivity contribution in [2.45, 2.75) is 51.5 Å². The highest BCUT2D eigenvalue weighted by Gasteiger charge is 2.36. The Balaban J connectivity index is 1.79. The van der Waals surface area contributed by atoms with E-state index in [2.05, 4.69) is 23.8 Å². The largest absolute Gasteiger partial charge is 0.492 e. The highest BCUT2D eigenvalue weighted by atomic mass is 32.2. The molecule has 1 aromatic heterocycles. The molecule has 2 aromatic rings. The van der Waals surface area contributed by atoms with E-state index in [1.54, 1.807) is 11.9 Å². The van der Waals surface area contributed by atoms with Gasteiger partial charge in [0.25, 0.3) is 15.9 Å². The number of piperazine rings is 1. The van der Waals surface area contributed by atoms with Crippen LogP contribution in [0.15, 0.2) is 35.5 Å². The Labute approximate surface area is 209 Å². The Hall–Kier alpha value is -2.59. The first-order chi connectivity index (χ1) is 16.8. The van der Waals surface area contributed by atoms with Gasteiger partial charge in [-0.3, -0.25) is 9.48 Å². The Kier molecular flexibility index (Phi) is 9.56. The summed E-state index contributed by atoms with van der Waals surface area (Å²) in [5.41, 5.74) is 1.12. The molecule has 0 radical (unpaired) electrons. The van der Waals surface area contributed by atoms with Gasteiger partial charge in [-0.05, 0) is 31.9 Å². The van der Waals surface area contributed by atoms with Gasteiger partial charge in [0.2, 0.25) is 5.03 Å². The first-order valence-electron chi connectivity index (χ1n) is 12.6. The minimum atomic E-state index is -3.92. The first kappa shape index (κ1) is 27.0. The summed E-state index contributed by atoms with van der Waals surface area (Å²) in [5, 5.41) is 4.10. The number of rotatable bonds is 12. The van der Waals surface area contributed by atoms with Crippen molar-refractivity contribution in [1.29, 1.82) is 0 Å². The molecule has 0 atom stereocenters. The summed E-state index contributed by atoms with van der Waals surface area (Å²) in [7, 11) is -2.27. The third-order valence-corrected chi connectivity index (χ3v) is 8.04. The lowest BCUT2D eigenvalue weighted by Gasteiger charge is -2.35. The van der Waals surface area contributed by atoms with E-state index in [1.807, 2.05) is 31.2 Å². The van der Waals surface area contributed by atoms with Gasteiger partial charge in [-0.25, -0.2) is 8.42 Å². The van der Waals surface area contributed by atoms with Crippen LogP contribution in [0.25, 0.3) is 0 Å². The topological polar surface area (TPSA) is 88.0 Å². The van der Waals surface area contributed by atoms with Crippen molar-refractivity contribution in [2.75, 3.05) is 50.8 Å². The van der Waals surface area contributed by atoms with Gasteiger partial charge < -0.3 is 14.5 Å². The van der Waals surface area contributed by atoms with Gasteiger partial charge in [-0.1, -0.05) is 38.8 Å². The molecule has 1 aliphatic rings. The number of nitrogens with zero attached hydrogens (tertiary/aromatic N) is 5. The van der Waals surface area contributed by atoms with Crippen LogP contribution in [-0.4, -0.2) is 79.2 Å². The SMILES string of the molecule is CCCCN(CCCC)C(=O)c1cn(C)nc1S(=O)(=O)N1CCN(c2ccccc2OCC)CC1. The van der Waals surface area contributed by atoms with Crippen LogP contribution < -0.4 is 9.64 Å². The van der Waals surface area contributed by atoms with Crippen molar-refractivity contribution in [3.05, 3.63) is 36.0 Å². The van der Waals surface area contributed by atoms with E-state index >= 15 is 0 Å². The Morgan fingerprint density at radius 3 is 2.26 bits per heavy atom.